The van der Waals surface area contributed by atoms with E-state index >= 15 is 0 Å². The number of H-pyrrole nitrogens is 1. The molecule has 2 heterocycles. The van der Waals surface area contributed by atoms with Gasteiger partial charge in [0, 0.05) is 29.1 Å². The number of rotatable bonds is 5. The van der Waals surface area contributed by atoms with E-state index in [1.54, 1.807) is 23.6 Å². The summed E-state index contributed by atoms with van der Waals surface area (Å²) in [5.41, 5.74) is 1.20. The van der Waals surface area contributed by atoms with E-state index < -0.39 is 15.4 Å². The second-order valence-corrected chi connectivity index (χ2v) is 8.97. The third-order valence-electron chi connectivity index (χ3n) is 3.84. The smallest absolute Gasteiger partial charge is 0.250 e. The number of hydrogen-bond acceptors (Lipinski definition) is 3. The maximum absolute atomic E-state index is 13.3. The number of thiophene rings is 1. The highest BCUT2D eigenvalue weighted by atomic mass is 32.2. The lowest BCUT2D eigenvalue weighted by molar-refractivity contribution is 0.505. The fourth-order valence-corrected chi connectivity index (χ4v) is 4.77. The molecule has 122 valence electrons. The van der Waals surface area contributed by atoms with E-state index in [1.807, 2.05) is 20.0 Å². The van der Waals surface area contributed by atoms with Gasteiger partial charge in [-0.2, -0.15) is 0 Å². The number of hydrogen-bond donors (Lipinski definition) is 2. The summed E-state index contributed by atoms with van der Waals surface area (Å²) in [5, 5.41) is 2.63. The Balaban J connectivity index is 1.86. The van der Waals surface area contributed by atoms with Crippen LogP contribution in [0.4, 0.5) is 4.39 Å². The first-order valence-corrected chi connectivity index (χ1v) is 9.46. The topological polar surface area (TPSA) is 62.0 Å². The van der Waals surface area contributed by atoms with Gasteiger partial charge < -0.3 is 4.98 Å². The summed E-state index contributed by atoms with van der Waals surface area (Å²) in [6.45, 7) is 4.16. The molecule has 0 spiro atoms. The van der Waals surface area contributed by atoms with Gasteiger partial charge >= 0.3 is 0 Å². The normalized spacial score (nSPS) is 12.8. The van der Waals surface area contributed by atoms with Crippen molar-refractivity contribution in [1.29, 1.82) is 0 Å². The molecule has 4 nitrogen and oxygen atoms in total. The molecule has 3 aromatic rings. The van der Waals surface area contributed by atoms with Gasteiger partial charge in [-0.25, -0.2) is 17.5 Å². The third-order valence-corrected chi connectivity index (χ3v) is 6.64. The van der Waals surface area contributed by atoms with Gasteiger partial charge in [-0.1, -0.05) is 19.9 Å². The molecule has 0 amide bonds. The van der Waals surface area contributed by atoms with Crippen LogP contribution in [0.5, 0.6) is 0 Å². The molecule has 0 saturated carbocycles. The number of aromatic nitrogens is 1. The molecule has 7 heteroatoms. The summed E-state index contributed by atoms with van der Waals surface area (Å²) in [7, 11) is -3.50. The first kappa shape index (κ1) is 16.2. The van der Waals surface area contributed by atoms with Crippen molar-refractivity contribution in [2.75, 3.05) is 6.54 Å². The van der Waals surface area contributed by atoms with E-state index in [0.717, 1.165) is 10.9 Å². The molecule has 0 saturated heterocycles. The molecule has 0 aliphatic heterocycles. The second kappa shape index (κ2) is 5.74. The van der Waals surface area contributed by atoms with E-state index in [4.69, 9.17) is 0 Å². The van der Waals surface area contributed by atoms with E-state index in [1.165, 1.54) is 23.5 Å². The van der Waals surface area contributed by atoms with Gasteiger partial charge in [-0.15, -0.1) is 11.3 Å². The average molecular weight is 352 g/mol. The van der Waals surface area contributed by atoms with Gasteiger partial charge in [-0.3, -0.25) is 0 Å². The Morgan fingerprint density at radius 3 is 2.78 bits per heavy atom. The quantitative estimate of drug-likeness (QED) is 0.737. The van der Waals surface area contributed by atoms with Gasteiger partial charge in [0.05, 0.1) is 0 Å². The Hall–Kier alpha value is -1.70. The highest BCUT2D eigenvalue weighted by Gasteiger charge is 2.27. The zero-order valence-electron chi connectivity index (χ0n) is 12.8. The minimum Gasteiger partial charge on any atom is -0.361 e. The first-order valence-electron chi connectivity index (χ1n) is 7.10. The fourth-order valence-electron chi connectivity index (χ4n) is 2.52. The van der Waals surface area contributed by atoms with Gasteiger partial charge in [0.15, 0.2) is 0 Å². The Bertz CT molecular complexity index is 928. The van der Waals surface area contributed by atoms with Crippen molar-refractivity contribution in [3.8, 4) is 0 Å². The Labute approximate surface area is 138 Å². The summed E-state index contributed by atoms with van der Waals surface area (Å²) in [4.78, 5) is 3.04. The zero-order chi connectivity index (χ0) is 16.7. The second-order valence-electron chi connectivity index (χ2n) is 6.03. The van der Waals surface area contributed by atoms with Crippen molar-refractivity contribution in [2.24, 2.45) is 0 Å². The van der Waals surface area contributed by atoms with Gasteiger partial charge in [0.25, 0.3) is 0 Å². The van der Waals surface area contributed by atoms with Gasteiger partial charge in [-0.05, 0) is 35.2 Å². The number of benzene rings is 1. The van der Waals surface area contributed by atoms with Gasteiger partial charge in [0.1, 0.15) is 10.0 Å². The Kier molecular flexibility index (Phi) is 4.03. The van der Waals surface area contributed by atoms with Crippen molar-refractivity contribution >= 4 is 32.3 Å². The molecule has 0 aliphatic rings. The molecule has 2 aromatic heterocycles. The SMILES string of the molecule is CC(C)(CNS(=O)(=O)c1cccs1)c1c[nH]c2cc(F)ccc12. The summed E-state index contributed by atoms with van der Waals surface area (Å²) in [6.07, 6.45) is 1.81. The van der Waals surface area contributed by atoms with Gasteiger partial charge in [0.2, 0.25) is 10.0 Å². The fraction of sp³-hybridized carbons (Fsp3) is 0.250. The monoisotopic (exact) mass is 352 g/mol. The molecule has 0 fully saturated rings. The maximum atomic E-state index is 13.3. The predicted octanol–water partition coefficient (Wildman–Crippen LogP) is 3.62. The Morgan fingerprint density at radius 1 is 1.30 bits per heavy atom. The number of aromatic amines is 1. The number of sulfonamides is 1. The minimum atomic E-state index is -3.50. The van der Waals surface area contributed by atoms with Crippen LogP contribution in [0.25, 0.3) is 10.9 Å². The Morgan fingerprint density at radius 2 is 2.09 bits per heavy atom. The van der Waals surface area contributed by atoms with E-state index in [0.29, 0.717) is 9.73 Å². The molecule has 3 rings (SSSR count). The van der Waals surface area contributed by atoms with Crippen molar-refractivity contribution in [1.82, 2.24) is 9.71 Å². The first-order chi connectivity index (χ1) is 10.8. The van der Waals surface area contributed by atoms with E-state index in [-0.39, 0.29) is 12.4 Å². The average Bonchev–Trinajstić information content (AvgIpc) is 3.14. The molecule has 0 aliphatic carbocycles. The molecule has 23 heavy (non-hydrogen) atoms. The largest absolute Gasteiger partial charge is 0.361 e. The predicted molar refractivity (Wildman–Crippen MR) is 90.8 cm³/mol. The van der Waals surface area contributed by atoms with Crippen LogP contribution in [0.3, 0.4) is 0 Å². The molecule has 0 bridgehead atoms. The van der Waals surface area contributed by atoms with Crippen LogP contribution in [-0.4, -0.2) is 19.9 Å². The van der Waals surface area contributed by atoms with Crippen LogP contribution in [0, 0.1) is 5.82 Å². The van der Waals surface area contributed by atoms with Crippen LogP contribution in [0.1, 0.15) is 19.4 Å². The van der Waals surface area contributed by atoms with E-state index in [9.17, 15) is 12.8 Å². The van der Waals surface area contributed by atoms with Crippen LogP contribution >= 0.6 is 11.3 Å². The highest BCUT2D eigenvalue weighted by Crippen LogP contribution is 2.30. The number of nitrogens with one attached hydrogen (secondary N) is 2. The lowest BCUT2D eigenvalue weighted by Gasteiger charge is -2.24. The molecular formula is C16H17FN2O2S2. The number of fused-ring (bicyclic) bond motifs is 1. The van der Waals surface area contributed by atoms with Crippen LogP contribution in [0.2, 0.25) is 0 Å². The summed E-state index contributed by atoms with van der Waals surface area (Å²) in [6, 6.07) is 7.84. The minimum absolute atomic E-state index is 0.248. The molecule has 0 radical (unpaired) electrons. The van der Waals surface area contributed by atoms with Crippen molar-refractivity contribution < 1.29 is 12.8 Å². The molecular weight excluding hydrogens is 335 g/mol. The lowest BCUT2D eigenvalue weighted by atomic mass is 9.85. The van der Waals surface area contributed by atoms with Crippen LogP contribution in [-0.2, 0) is 15.4 Å². The summed E-state index contributed by atoms with van der Waals surface area (Å²) >= 11 is 1.18. The van der Waals surface area contributed by atoms with Crippen molar-refractivity contribution in [3.05, 3.63) is 53.3 Å². The summed E-state index contributed by atoms with van der Waals surface area (Å²) in [5.74, 6) is -0.304. The maximum Gasteiger partial charge on any atom is 0.250 e. The molecule has 2 N–H and O–H groups in total. The van der Waals surface area contributed by atoms with Crippen molar-refractivity contribution in [3.63, 3.8) is 0 Å². The summed E-state index contributed by atoms with van der Waals surface area (Å²) < 4.78 is 40.8. The zero-order valence-corrected chi connectivity index (χ0v) is 14.4. The van der Waals surface area contributed by atoms with Crippen molar-refractivity contribution in [2.45, 2.75) is 23.5 Å². The molecule has 0 atom stereocenters. The highest BCUT2D eigenvalue weighted by molar-refractivity contribution is 7.91. The van der Waals surface area contributed by atoms with Crippen LogP contribution in [0.15, 0.2) is 46.1 Å². The van der Waals surface area contributed by atoms with Crippen LogP contribution < -0.4 is 4.72 Å². The van der Waals surface area contributed by atoms with E-state index in [2.05, 4.69) is 9.71 Å². The molecule has 0 unspecified atom stereocenters. The third kappa shape index (κ3) is 3.17. The number of halogens is 1. The standard InChI is InChI=1S/C16H17FN2O2S2/c1-16(2,10-19-23(20,21)15-4-3-7-22-15)13-9-18-14-8-11(17)5-6-12(13)14/h3-9,18-19H,10H2,1-2H3. The molecule has 1 aromatic carbocycles. The lowest BCUT2D eigenvalue weighted by Crippen LogP contribution is -2.36.